The molecule has 32 heavy (non-hydrogen) atoms. The van der Waals surface area contributed by atoms with Gasteiger partial charge in [-0.3, -0.25) is 4.79 Å². The summed E-state index contributed by atoms with van der Waals surface area (Å²) in [6, 6.07) is 14.2. The summed E-state index contributed by atoms with van der Waals surface area (Å²) in [4.78, 5) is 16.5. The highest BCUT2D eigenvalue weighted by atomic mass is 79.9. The van der Waals surface area contributed by atoms with Crippen LogP contribution >= 0.6 is 27.7 Å². The molecule has 0 bridgehead atoms. The number of rotatable bonds is 6. The van der Waals surface area contributed by atoms with Crippen molar-refractivity contribution in [2.75, 3.05) is 19.5 Å². The highest BCUT2D eigenvalue weighted by Gasteiger charge is 2.42. The van der Waals surface area contributed by atoms with Crippen LogP contribution in [0.5, 0.6) is 11.5 Å². The number of para-hydroxylation sites is 1. The third-order valence-electron chi connectivity index (χ3n) is 6.18. The maximum atomic E-state index is 13.6. The molecule has 1 saturated carbocycles. The van der Waals surface area contributed by atoms with E-state index >= 15 is 0 Å². The Morgan fingerprint density at radius 2 is 1.88 bits per heavy atom. The van der Waals surface area contributed by atoms with Crippen molar-refractivity contribution in [2.45, 2.75) is 44.1 Å². The Morgan fingerprint density at radius 1 is 1.12 bits per heavy atom. The summed E-state index contributed by atoms with van der Waals surface area (Å²) < 4.78 is 11.7. The monoisotopic (exact) mass is 516 g/mol. The normalized spacial score (nSPS) is 24.6. The largest absolute Gasteiger partial charge is 0.493 e. The molecule has 2 aliphatic rings. The van der Waals surface area contributed by atoms with Gasteiger partial charge in [-0.05, 0) is 70.6 Å². The van der Waals surface area contributed by atoms with Gasteiger partial charge in [0, 0.05) is 11.7 Å². The van der Waals surface area contributed by atoms with Crippen molar-refractivity contribution in [1.29, 1.82) is 0 Å². The molecule has 1 saturated heterocycles. The van der Waals surface area contributed by atoms with Gasteiger partial charge in [0.2, 0.25) is 0 Å². The second-order valence-corrected chi connectivity index (χ2v) is 10.2. The van der Waals surface area contributed by atoms with Gasteiger partial charge in [0.05, 0.1) is 23.6 Å². The number of halogens is 1. The topological polar surface area (TPSA) is 50.8 Å². The fourth-order valence-corrected chi connectivity index (χ4v) is 6.37. The molecule has 0 radical (unpaired) electrons. The molecule has 2 aromatic carbocycles. The Labute approximate surface area is 202 Å². The van der Waals surface area contributed by atoms with Crippen LogP contribution in [0.2, 0.25) is 0 Å². The number of benzene rings is 2. The van der Waals surface area contributed by atoms with E-state index in [0.717, 1.165) is 27.0 Å². The Bertz CT molecular complexity index is 998. The Morgan fingerprint density at radius 3 is 2.56 bits per heavy atom. The van der Waals surface area contributed by atoms with Gasteiger partial charge in [-0.1, -0.05) is 49.7 Å². The third kappa shape index (κ3) is 4.79. The zero-order valence-electron chi connectivity index (χ0n) is 18.6. The van der Waals surface area contributed by atoms with E-state index in [1.54, 1.807) is 26.0 Å². The third-order valence-corrected chi connectivity index (χ3v) is 7.88. The summed E-state index contributed by atoms with van der Waals surface area (Å²) in [5.74, 6) is 1.85. The van der Waals surface area contributed by atoms with Crippen molar-refractivity contribution in [3.05, 3.63) is 57.4 Å². The number of hydrogen-bond donors (Lipinski definition) is 1. The second kappa shape index (κ2) is 10.2. The van der Waals surface area contributed by atoms with Gasteiger partial charge in [0.15, 0.2) is 17.0 Å². The number of anilines is 1. The first-order chi connectivity index (χ1) is 15.5. The number of amides is 1. The SMILES string of the molecule is COc1cc(/C=C2\SC(Nc3ccccc3)N([C@@H]3CCCC[C@@H]3C)C2=O)cc(Br)c1OC. The van der Waals surface area contributed by atoms with E-state index in [-0.39, 0.29) is 17.4 Å². The molecule has 170 valence electrons. The van der Waals surface area contributed by atoms with Gasteiger partial charge < -0.3 is 19.7 Å². The number of nitrogens with one attached hydrogen (secondary N) is 1. The fourth-order valence-electron chi connectivity index (χ4n) is 4.54. The van der Waals surface area contributed by atoms with Crippen molar-refractivity contribution in [3.63, 3.8) is 0 Å². The molecule has 0 aromatic heterocycles. The number of ether oxygens (including phenoxy) is 2. The predicted molar refractivity (Wildman–Crippen MR) is 135 cm³/mol. The van der Waals surface area contributed by atoms with Crippen LogP contribution in [-0.4, -0.2) is 36.6 Å². The summed E-state index contributed by atoms with van der Waals surface area (Å²) in [6.07, 6.45) is 6.58. The lowest BCUT2D eigenvalue weighted by molar-refractivity contribution is -0.129. The Hall–Kier alpha value is -2.12. The van der Waals surface area contributed by atoms with Crippen LogP contribution in [-0.2, 0) is 4.79 Å². The van der Waals surface area contributed by atoms with Gasteiger partial charge in [-0.15, -0.1) is 0 Å². The number of thioether (sulfide) groups is 1. The first-order valence-corrected chi connectivity index (χ1v) is 12.6. The first-order valence-electron chi connectivity index (χ1n) is 11.0. The summed E-state index contributed by atoms with van der Waals surface area (Å²) in [7, 11) is 3.23. The highest BCUT2D eigenvalue weighted by molar-refractivity contribution is 9.10. The first kappa shape index (κ1) is 23.1. The Kier molecular flexibility index (Phi) is 7.36. The Balaban J connectivity index is 1.67. The summed E-state index contributed by atoms with van der Waals surface area (Å²) in [6.45, 7) is 2.27. The number of carbonyl (C=O) groups excluding carboxylic acids is 1. The van der Waals surface area contributed by atoms with E-state index in [1.807, 2.05) is 48.5 Å². The standard InChI is InChI=1S/C25H29BrN2O3S/c1-16-9-7-8-12-20(16)28-24(29)22(32-25(28)27-18-10-5-4-6-11-18)15-17-13-19(26)23(31-3)21(14-17)30-2/h4-6,10-11,13-16,20,25,27H,7-9,12H2,1-3H3/b22-15-/t16-,20+,25?/m0/s1. The van der Waals surface area contributed by atoms with Crippen molar-refractivity contribution in [1.82, 2.24) is 4.90 Å². The van der Waals surface area contributed by atoms with Crippen LogP contribution in [0.25, 0.3) is 6.08 Å². The molecule has 1 aliphatic carbocycles. The minimum Gasteiger partial charge on any atom is -0.493 e. The predicted octanol–water partition coefficient (Wildman–Crippen LogP) is 6.36. The van der Waals surface area contributed by atoms with Gasteiger partial charge >= 0.3 is 0 Å². The average molecular weight is 517 g/mol. The van der Waals surface area contributed by atoms with E-state index in [9.17, 15) is 4.79 Å². The molecular formula is C25H29BrN2O3S. The molecule has 2 aromatic rings. The van der Waals surface area contributed by atoms with E-state index in [1.165, 1.54) is 19.3 Å². The van der Waals surface area contributed by atoms with Crippen LogP contribution in [0, 0.1) is 5.92 Å². The number of nitrogens with zero attached hydrogens (tertiary/aromatic N) is 1. The van der Waals surface area contributed by atoms with Crippen LogP contribution in [0.1, 0.15) is 38.2 Å². The molecule has 1 heterocycles. The molecule has 5 nitrogen and oxygen atoms in total. The number of methoxy groups -OCH3 is 2. The molecule has 1 unspecified atom stereocenters. The molecule has 0 spiro atoms. The number of carbonyl (C=O) groups is 1. The average Bonchev–Trinajstić information content (AvgIpc) is 3.08. The van der Waals surface area contributed by atoms with Crippen LogP contribution in [0.3, 0.4) is 0 Å². The van der Waals surface area contributed by atoms with Gasteiger partial charge in [0.1, 0.15) is 0 Å². The van der Waals surface area contributed by atoms with Gasteiger partial charge in [-0.25, -0.2) is 0 Å². The minimum atomic E-state index is -0.134. The van der Waals surface area contributed by atoms with Crippen molar-refractivity contribution in [3.8, 4) is 11.5 Å². The zero-order valence-corrected chi connectivity index (χ0v) is 21.0. The molecular weight excluding hydrogens is 488 g/mol. The molecule has 2 fully saturated rings. The van der Waals surface area contributed by atoms with Crippen LogP contribution in [0.4, 0.5) is 5.69 Å². The van der Waals surface area contributed by atoms with E-state index in [4.69, 9.17) is 9.47 Å². The van der Waals surface area contributed by atoms with E-state index < -0.39 is 0 Å². The quantitative estimate of drug-likeness (QED) is 0.452. The minimum absolute atomic E-state index is 0.0908. The summed E-state index contributed by atoms with van der Waals surface area (Å²) >= 11 is 5.13. The van der Waals surface area contributed by atoms with E-state index in [2.05, 4.69) is 33.1 Å². The summed E-state index contributed by atoms with van der Waals surface area (Å²) in [5.41, 5.74) is 1.77. The molecule has 1 amide bonds. The van der Waals surface area contributed by atoms with Crippen LogP contribution in [0.15, 0.2) is 51.8 Å². The molecule has 1 N–H and O–H groups in total. The van der Waals surface area contributed by atoms with Gasteiger partial charge in [0.25, 0.3) is 5.91 Å². The van der Waals surface area contributed by atoms with Crippen LogP contribution < -0.4 is 14.8 Å². The smallest absolute Gasteiger partial charge is 0.262 e. The maximum absolute atomic E-state index is 13.6. The summed E-state index contributed by atoms with van der Waals surface area (Å²) in [5, 5.41) is 3.58. The fraction of sp³-hybridized carbons (Fsp3) is 0.400. The van der Waals surface area contributed by atoms with Gasteiger partial charge in [-0.2, -0.15) is 0 Å². The lowest BCUT2D eigenvalue weighted by Gasteiger charge is -2.39. The number of hydrogen-bond acceptors (Lipinski definition) is 5. The van der Waals surface area contributed by atoms with E-state index in [0.29, 0.717) is 17.4 Å². The van der Waals surface area contributed by atoms with Crippen molar-refractivity contribution >= 4 is 45.4 Å². The molecule has 7 heteroatoms. The second-order valence-electron chi connectivity index (χ2n) is 8.27. The highest BCUT2D eigenvalue weighted by Crippen LogP contribution is 2.43. The lowest BCUT2D eigenvalue weighted by atomic mass is 9.85. The molecule has 4 rings (SSSR count). The van der Waals surface area contributed by atoms with Crippen molar-refractivity contribution in [2.24, 2.45) is 5.92 Å². The lowest BCUT2D eigenvalue weighted by Crippen LogP contribution is -2.48. The van der Waals surface area contributed by atoms with Crippen molar-refractivity contribution < 1.29 is 14.3 Å². The zero-order chi connectivity index (χ0) is 22.7. The molecule has 1 aliphatic heterocycles. The molecule has 3 atom stereocenters. The maximum Gasteiger partial charge on any atom is 0.262 e.